The van der Waals surface area contributed by atoms with Crippen molar-refractivity contribution in [3.63, 3.8) is 0 Å². The molecule has 0 spiro atoms. The van der Waals surface area contributed by atoms with Crippen LogP contribution >= 0.6 is 0 Å². The Bertz CT molecular complexity index is 395. The number of hydrogen-bond acceptors (Lipinski definition) is 2. The summed E-state index contributed by atoms with van der Waals surface area (Å²) >= 11 is 0. The van der Waals surface area contributed by atoms with Crippen LogP contribution in [0.25, 0.3) is 0 Å². The van der Waals surface area contributed by atoms with Crippen LogP contribution < -0.4 is 0 Å². The van der Waals surface area contributed by atoms with Gasteiger partial charge in [0, 0.05) is 24.8 Å². The second-order valence-corrected chi connectivity index (χ2v) is 4.85. The summed E-state index contributed by atoms with van der Waals surface area (Å²) in [7, 11) is 0. The van der Waals surface area contributed by atoms with Crippen LogP contribution in [-0.4, -0.2) is 11.6 Å². The first-order chi connectivity index (χ1) is 8.25. The van der Waals surface area contributed by atoms with Gasteiger partial charge in [0.25, 0.3) is 0 Å². The summed E-state index contributed by atoms with van der Waals surface area (Å²) in [5, 5.41) is 0. The molecule has 17 heavy (non-hydrogen) atoms. The van der Waals surface area contributed by atoms with Crippen molar-refractivity contribution in [2.45, 2.75) is 38.5 Å². The van der Waals surface area contributed by atoms with Crippen LogP contribution in [0.4, 0.5) is 0 Å². The fourth-order valence-electron chi connectivity index (χ4n) is 2.46. The Morgan fingerprint density at radius 2 is 1.94 bits per heavy atom. The molecule has 0 aromatic heterocycles. The van der Waals surface area contributed by atoms with Crippen LogP contribution in [0, 0.1) is 5.92 Å². The van der Waals surface area contributed by atoms with Crippen molar-refractivity contribution < 1.29 is 9.59 Å². The minimum atomic E-state index is 0.172. The molecule has 1 aliphatic carbocycles. The molecule has 90 valence electrons. The molecule has 1 aromatic carbocycles. The van der Waals surface area contributed by atoms with Gasteiger partial charge in [-0.1, -0.05) is 36.8 Å². The third-order valence-electron chi connectivity index (χ3n) is 3.40. The summed E-state index contributed by atoms with van der Waals surface area (Å²) in [6.07, 6.45) is 4.92. The van der Waals surface area contributed by atoms with E-state index in [0.29, 0.717) is 25.0 Å². The van der Waals surface area contributed by atoms with Gasteiger partial charge >= 0.3 is 0 Å². The van der Waals surface area contributed by atoms with Crippen LogP contribution in [0.1, 0.15) is 48.9 Å². The summed E-state index contributed by atoms with van der Waals surface area (Å²) in [4.78, 5) is 23.5. The first-order valence-electron chi connectivity index (χ1n) is 6.35. The molecule has 1 atom stereocenters. The predicted octanol–water partition coefficient (Wildman–Crippen LogP) is 3.41. The number of Topliss-reactive ketones (excluding diaryl/α,β-unsaturated/α-hetero) is 2. The Hall–Kier alpha value is -1.44. The highest BCUT2D eigenvalue weighted by Crippen LogP contribution is 2.24. The van der Waals surface area contributed by atoms with Crippen molar-refractivity contribution >= 4 is 11.6 Å². The molecule has 2 nitrogen and oxygen atoms in total. The molecular formula is C15H18O2. The highest BCUT2D eigenvalue weighted by Gasteiger charge is 2.20. The molecule has 1 fully saturated rings. The van der Waals surface area contributed by atoms with Gasteiger partial charge in [-0.15, -0.1) is 0 Å². The molecule has 2 heteroatoms. The lowest BCUT2D eigenvalue weighted by Crippen LogP contribution is -2.11. The summed E-state index contributed by atoms with van der Waals surface area (Å²) in [6.45, 7) is 0. The van der Waals surface area contributed by atoms with E-state index < -0.39 is 0 Å². The van der Waals surface area contributed by atoms with Crippen LogP contribution in [-0.2, 0) is 4.79 Å². The molecule has 0 saturated heterocycles. The summed E-state index contributed by atoms with van der Waals surface area (Å²) in [6, 6.07) is 9.37. The van der Waals surface area contributed by atoms with Gasteiger partial charge in [-0.05, 0) is 18.8 Å². The van der Waals surface area contributed by atoms with Gasteiger partial charge in [0.1, 0.15) is 5.78 Å². The first-order valence-corrected chi connectivity index (χ1v) is 6.35. The monoisotopic (exact) mass is 230 g/mol. The zero-order valence-corrected chi connectivity index (χ0v) is 10.0. The Morgan fingerprint density at radius 1 is 1.18 bits per heavy atom. The third kappa shape index (κ3) is 3.52. The molecule has 0 N–H and O–H groups in total. The van der Waals surface area contributed by atoms with E-state index >= 15 is 0 Å². The van der Waals surface area contributed by atoms with Gasteiger partial charge in [-0.3, -0.25) is 9.59 Å². The highest BCUT2D eigenvalue weighted by atomic mass is 16.1. The number of rotatable bonds is 3. The van der Waals surface area contributed by atoms with Crippen LogP contribution in [0.15, 0.2) is 30.3 Å². The topological polar surface area (TPSA) is 34.1 Å². The molecule has 1 saturated carbocycles. The number of carbonyl (C=O) groups excluding carboxylic acids is 2. The fourth-order valence-corrected chi connectivity index (χ4v) is 2.46. The van der Waals surface area contributed by atoms with Crippen molar-refractivity contribution in [3.8, 4) is 0 Å². The first kappa shape index (κ1) is 12.0. The third-order valence-corrected chi connectivity index (χ3v) is 3.40. The largest absolute Gasteiger partial charge is 0.300 e. The van der Waals surface area contributed by atoms with Gasteiger partial charge in [-0.2, -0.15) is 0 Å². The number of ketones is 2. The smallest absolute Gasteiger partial charge is 0.163 e. The maximum atomic E-state index is 12.0. The SMILES string of the molecule is O=C1CCCCC(CC(=O)c2ccccc2)C1. The molecule has 1 aromatic rings. The van der Waals surface area contributed by atoms with Crippen molar-refractivity contribution in [1.82, 2.24) is 0 Å². The molecule has 0 bridgehead atoms. The average Bonchev–Trinajstić information content (AvgIpc) is 2.55. The van der Waals surface area contributed by atoms with Crippen molar-refractivity contribution in [3.05, 3.63) is 35.9 Å². The Morgan fingerprint density at radius 3 is 2.71 bits per heavy atom. The standard InChI is InChI=1S/C15H18O2/c16-14-9-5-4-6-12(10-14)11-15(17)13-7-2-1-3-8-13/h1-3,7-8,12H,4-6,9-11H2. The zero-order valence-electron chi connectivity index (χ0n) is 10.0. The number of hydrogen-bond donors (Lipinski definition) is 0. The second kappa shape index (κ2) is 5.76. The van der Waals surface area contributed by atoms with E-state index in [9.17, 15) is 9.59 Å². The van der Waals surface area contributed by atoms with E-state index in [1.54, 1.807) is 0 Å². The fraction of sp³-hybridized carbons (Fsp3) is 0.467. The van der Waals surface area contributed by atoms with E-state index in [-0.39, 0.29) is 11.7 Å². The summed E-state index contributed by atoms with van der Waals surface area (Å²) in [5.74, 6) is 0.761. The minimum Gasteiger partial charge on any atom is -0.300 e. The number of benzene rings is 1. The predicted molar refractivity (Wildman–Crippen MR) is 67.0 cm³/mol. The van der Waals surface area contributed by atoms with Crippen molar-refractivity contribution in [2.75, 3.05) is 0 Å². The van der Waals surface area contributed by atoms with Gasteiger partial charge in [0.2, 0.25) is 0 Å². The van der Waals surface area contributed by atoms with Gasteiger partial charge in [-0.25, -0.2) is 0 Å². The summed E-state index contributed by atoms with van der Waals surface area (Å²) < 4.78 is 0. The molecule has 0 radical (unpaired) electrons. The van der Waals surface area contributed by atoms with Gasteiger partial charge < -0.3 is 0 Å². The lowest BCUT2D eigenvalue weighted by molar-refractivity contribution is -0.119. The van der Waals surface area contributed by atoms with E-state index in [2.05, 4.69) is 0 Å². The second-order valence-electron chi connectivity index (χ2n) is 4.85. The Kier molecular flexibility index (Phi) is 4.08. The van der Waals surface area contributed by atoms with Crippen molar-refractivity contribution in [1.29, 1.82) is 0 Å². The van der Waals surface area contributed by atoms with Gasteiger partial charge in [0.05, 0.1) is 0 Å². The lowest BCUT2D eigenvalue weighted by atomic mass is 9.92. The molecular weight excluding hydrogens is 212 g/mol. The maximum Gasteiger partial charge on any atom is 0.163 e. The molecule has 1 aliphatic rings. The van der Waals surface area contributed by atoms with E-state index in [0.717, 1.165) is 24.8 Å². The normalized spacial score (nSPS) is 20.9. The average molecular weight is 230 g/mol. The molecule has 0 amide bonds. The van der Waals surface area contributed by atoms with Gasteiger partial charge in [0.15, 0.2) is 5.78 Å². The maximum absolute atomic E-state index is 12.0. The van der Waals surface area contributed by atoms with Crippen LogP contribution in [0.2, 0.25) is 0 Å². The zero-order chi connectivity index (χ0) is 12.1. The Balaban J connectivity index is 1.96. The molecule has 1 unspecified atom stereocenters. The lowest BCUT2D eigenvalue weighted by Gasteiger charge is -2.11. The van der Waals surface area contributed by atoms with Crippen LogP contribution in [0.5, 0.6) is 0 Å². The minimum absolute atomic E-state index is 0.172. The van der Waals surface area contributed by atoms with E-state index in [1.807, 2.05) is 30.3 Å². The highest BCUT2D eigenvalue weighted by molar-refractivity contribution is 5.96. The van der Waals surface area contributed by atoms with E-state index in [4.69, 9.17) is 0 Å². The van der Waals surface area contributed by atoms with Crippen LogP contribution in [0.3, 0.4) is 0 Å². The number of carbonyl (C=O) groups is 2. The van der Waals surface area contributed by atoms with E-state index in [1.165, 1.54) is 0 Å². The molecule has 2 rings (SSSR count). The molecule has 0 heterocycles. The quantitative estimate of drug-likeness (QED) is 0.589. The Labute approximate surface area is 102 Å². The van der Waals surface area contributed by atoms with Crippen molar-refractivity contribution in [2.24, 2.45) is 5.92 Å². The summed E-state index contributed by atoms with van der Waals surface area (Å²) in [5.41, 5.74) is 0.768. The molecule has 0 aliphatic heterocycles.